The van der Waals surface area contributed by atoms with Gasteiger partial charge >= 0.3 is 0 Å². The molecule has 1 aromatic rings. The predicted molar refractivity (Wildman–Crippen MR) is 110 cm³/mol. The summed E-state index contributed by atoms with van der Waals surface area (Å²) >= 11 is 0. The third-order valence-electron chi connectivity index (χ3n) is 6.34. The van der Waals surface area contributed by atoms with E-state index < -0.39 is 9.84 Å². The number of hydrogen-bond donors (Lipinski definition) is 0. The van der Waals surface area contributed by atoms with Gasteiger partial charge in [-0.3, -0.25) is 14.4 Å². The number of likely N-dealkylation sites (tertiary alicyclic amines) is 1. The highest BCUT2D eigenvalue weighted by atomic mass is 32.2. The van der Waals surface area contributed by atoms with E-state index in [2.05, 4.69) is 18.9 Å². The number of carbonyl (C=O) groups is 1. The van der Waals surface area contributed by atoms with E-state index in [-0.39, 0.29) is 23.5 Å². The van der Waals surface area contributed by atoms with Crippen LogP contribution in [0.4, 0.5) is 0 Å². The Hall–Kier alpha value is -1.41. The van der Waals surface area contributed by atoms with E-state index in [0.29, 0.717) is 31.6 Å². The molecule has 2 saturated heterocycles. The van der Waals surface area contributed by atoms with Gasteiger partial charge in [0.1, 0.15) is 0 Å². The number of nitrogens with zero attached hydrogens (tertiary/aromatic N) is 4. The Kier molecular flexibility index (Phi) is 6.20. The van der Waals surface area contributed by atoms with Crippen LogP contribution in [-0.2, 0) is 21.2 Å². The van der Waals surface area contributed by atoms with Crippen LogP contribution in [0.2, 0.25) is 0 Å². The number of aromatic nitrogens is 2. The average Bonchev–Trinajstić information content (AvgIpc) is 3.08. The van der Waals surface area contributed by atoms with E-state index in [1.807, 2.05) is 35.4 Å². The summed E-state index contributed by atoms with van der Waals surface area (Å²) in [5.74, 6) is 0.603. The SMILES string of the molecule is Cc1nn([C@H]2CCS(=O)(=O)C2)c(C)c1CN(C)CC(=O)N1[C@H](C)CCC[C@@H]1C. The van der Waals surface area contributed by atoms with Crippen LogP contribution in [0.1, 0.15) is 62.5 Å². The second-order valence-electron chi connectivity index (χ2n) is 8.75. The number of likely N-dealkylation sites (N-methyl/N-ethyl adjacent to an activating group) is 1. The Morgan fingerprint density at radius 3 is 2.39 bits per heavy atom. The molecule has 3 rings (SSSR count). The Balaban J connectivity index is 1.67. The number of rotatable bonds is 5. The van der Waals surface area contributed by atoms with Crippen molar-refractivity contribution in [2.24, 2.45) is 0 Å². The van der Waals surface area contributed by atoms with Gasteiger partial charge in [0.15, 0.2) is 9.84 Å². The quantitative estimate of drug-likeness (QED) is 0.743. The molecule has 0 N–H and O–H groups in total. The van der Waals surface area contributed by atoms with E-state index >= 15 is 0 Å². The van der Waals surface area contributed by atoms with Crippen molar-refractivity contribution in [3.63, 3.8) is 0 Å². The summed E-state index contributed by atoms with van der Waals surface area (Å²) in [5.41, 5.74) is 3.03. The van der Waals surface area contributed by atoms with Gasteiger partial charge in [0.2, 0.25) is 5.91 Å². The van der Waals surface area contributed by atoms with Crippen molar-refractivity contribution in [1.82, 2.24) is 19.6 Å². The van der Waals surface area contributed by atoms with Gasteiger partial charge in [0, 0.05) is 29.9 Å². The van der Waals surface area contributed by atoms with Crippen LogP contribution in [0.3, 0.4) is 0 Å². The summed E-state index contributed by atoms with van der Waals surface area (Å²) in [5, 5.41) is 4.63. The van der Waals surface area contributed by atoms with Crippen molar-refractivity contribution in [1.29, 1.82) is 0 Å². The first-order chi connectivity index (χ1) is 13.1. The van der Waals surface area contributed by atoms with Crippen molar-refractivity contribution in [2.45, 2.75) is 78.0 Å². The number of piperidine rings is 1. The minimum Gasteiger partial charge on any atom is -0.336 e. The summed E-state index contributed by atoms with van der Waals surface area (Å²) in [7, 11) is -0.982. The van der Waals surface area contributed by atoms with Crippen molar-refractivity contribution in [3.05, 3.63) is 17.0 Å². The molecule has 0 bridgehead atoms. The lowest BCUT2D eigenvalue weighted by atomic mass is 9.97. The largest absolute Gasteiger partial charge is 0.336 e. The minimum absolute atomic E-state index is 0.0700. The van der Waals surface area contributed by atoms with Gasteiger partial charge in [-0.05, 0) is 60.4 Å². The lowest BCUT2D eigenvalue weighted by molar-refractivity contribution is -0.138. The van der Waals surface area contributed by atoms with Gasteiger partial charge in [0.25, 0.3) is 0 Å². The second-order valence-corrected chi connectivity index (χ2v) is 11.0. The van der Waals surface area contributed by atoms with E-state index in [4.69, 9.17) is 0 Å². The molecule has 2 fully saturated rings. The van der Waals surface area contributed by atoms with Crippen LogP contribution >= 0.6 is 0 Å². The molecule has 28 heavy (non-hydrogen) atoms. The van der Waals surface area contributed by atoms with Gasteiger partial charge in [-0.2, -0.15) is 5.10 Å². The standard InChI is InChI=1S/C20H34N4O3S/c1-14-7-6-8-15(2)23(14)20(25)12-22(5)11-19-16(3)21-24(17(19)4)18-9-10-28(26,27)13-18/h14-15,18H,6-13H2,1-5H3/t14-,15+,18-/m0/s1. The van der Waals surface area contributed by atoms with Crippen molar-refractivity contribution in [2.75, 3.05) is 25.1 Å². The maximum absolute atomic E-state index is 12.9. The Morgan fingerprint density at radius 2 is 1.82 bits per heavy atom. The van der Waals surface area contributed by atoms with E-state index in [0.717, 1.165) is 29.8 Å². The van der Waals surface area contributed by atoms with E-state index in [9.17, 15) is 13.2 Å². The predicted octanol–water partition coefficient (Wildman–Crippen LogP) is 2.08. The molecule has 3 heterocycles. The molecule has 2 aliphatic heterocycles. The zero-order valence-electron chi connectivity index (χ0n) is 17.8. The second kappa shape index (κ2) is 8.14. The molecule has 0 unspecified atom stereocenters. The van der Waals surface area contributed by atoms with Crippen molar-refractivity contribution in [3.8, 4) is 0 Å². The van der Waals surface area contributed by atoms with Gasteiger partial charge in [-0.1, -0.05) is 0 Å². The first-order valence-corrected chi connectivity index (χ1v) is 12.2. The van der Waals surface area contributed by atoms with Crippen molar-refractivity contribution >= 4 is 15.7 Å². The molecule has 2 aliphatic rings. The molecular formula is C20H34N4O3S. The Bertz CT molecular complexity index is 823. The Morgan fingerprint density at radius 1 is 1.18 bits per heavy atom. The maximum atomic E-state index is 12.9. The molecule has 0 aromatic carbocycles. The van der Waals surface area contributed by atoms with Gasteiger partial charge in [-0.15, -0.1) is 0 Å². The topological polar surface area (TPSA) is 75.5 Å². The van der Waals surface area contributed by atoms with Crippen LogP contribution in [0.25, 0.3) is 0 Å². The third-order valence-corrected chi connectivity index (χ3v) is 8.09. The average molecular weight is 411 g/mol. The first-order valence-electron chi connectivity index (χ1n) is 10.3. The zero-order valence-corrected chi connectivity index (χ0v) is 18.6. The molecule has 0 saturated carbocycles. The normalized spacial score (nSPS) is 27.5. The molecule has 0 radical (unpaired) electrons. The number of hydrogen-bond acceptors (Lipinski definition) is 5. The van der Waals surface area contributed by atoms with Gasteiger partial charge < -0.3 is 4.90 Å². The number of carbonyl (C=O) groups excluding carboxylic acids is 1. The summed E-state index contributed by atoms with van der Waals surface area (Å²) in [4.78, 5) is 17.0. The molecular weight excluding hydrogens is 376 g/mol. The highest BCUT2D eigenvalue weighted by Gasteiger charge is 2.32. The van der Waals surface area contributed by atoms with Gasteiger partial charge in [-0.25, -0.2) is 8.42 Å². The fourth-order valence-corrected chi connectivity index (χ4v) is 6.49. The van der Waals surface area contributed by atoms with E-state index in [1.165, 1.54) is 6.42 Å². The lowest BCUT2D eigenvalue weighted by Crippen LogP contribution is -2.50. The van der Waals surface area contributed by atoms with Crippen molar-refractivity contribution < 1.29 is 13.2 Å². The first kappa shape index (κ1) is 21.3. The van der Waals surface area contributed by atoms with Crippen LogP contribution in [-0.4, -0.2) is 71.1 Å². The maximum Gasteiger partial charge on any atom is 0.237 e. The summed E-state index contributed by atoms with van der Waals surface area (Å²) in [6.45, 7) is 9.27. The highest BCUT2D eigenvalue weighted by molar-refractivity contribution is 7.91. The molecule has 8 heteroatoms. The number of sulfone groups is 1. The fraction of sp³-hybridized carbons (Fsp3) is 0.800. The zero-order chi connectivity index (χ0) is 20.6. The minimum atomic E-state index is -2.95. The molecule has 158 valence electrons. The van der Waals surface area contributed by atoms with E-state index in [1.54, 1.807) is 0 Å². The van der Waals surface area contributed by atoms with Crippen LogP contribution < -0.4 is 0 Å². The monoisotopic (exact) mass is 410 g/mol. The Labute approximate surface area is 169 Å². The van der Waals surface area contributed by atoms with Gasteiger partial charge in [0.05, 0.1) is 29.8 Å². The summed E-state index contributed by atoms with van der Waals surface area (Å²) in [6.07, 6.45) is 3.98. The molecule has 7 nitrogen and oxygen atoms in total. The molecule has 1 amide bonds. The smallest absolute Gasteiger partial charge is 0.237 e. The lowest BCUT2D eigenvalue weighted by Gasteiger charge is -2.39. The van der Waals surface area contributed by atoms with Crippen LogP contribution in [0, 0.1) is 13.8 Å². The molecule has 1 aromatic heterocycles. The number of amides is 1. The third kappa shape index (κ3) is 4.43. The highest BCUT2D eigenvalue weighted by Crippen LogP contribution is 2.27. The summed E-state index contributed by atoms with van der Waals surface area (Å²) in [6, 6.07) is 0.541. The number of aryl methyl sites for hydroxylation is 1. The molecule has 0 aliphatic carbocycles. The summed E-state index contributed by atoms with van der Waals surface area (Å²) < 4.78 is 25.5. The molecule has 3 atom stereocenters. The van der Waals surface area contributed by atoms with Crippen LogP contribution in [0.15, 0.2) is 0 Å². The molecule has 0 spiro atoms. The fourth-order valence-electron chi connectivity index (χ4n) is 4.80. The van der Waals surface area contributed by atoms with Crippen LogP contribution in [0.5, 0.6) is 0 Å².